The van der Waals surface area contributed by atoms with Crippen LogP contribution in [0.3, 0.4) is 0 Å². The molecule has 30 heavy (non-hydrogen) atoms. The van der Waals surface area contributed by atoms with E-state index >= 15 is 0 Å². The summed E-state index contributed by atoms with van der Waals surface area (Å²) in [6.45, 7) is 1.90. The van der Waals surface area contributed by atoms with Crippen LogP contribution >= 0.6 is 0 Å². The van der Waals surface area contributed by atoms with Gasteiger partial charge in [0.2, 0.25) is 0 Å². The summed E-state index contributed by atoms with van der Waals surface area (Å²) >= 11 is 0. The van der Waals surface area contributed by atoms with Crippen molar-refractivity contribution in [2.45, 2.75) is 23.9 Å². The second kappa shape index (κ2) is 7.45. The number of carbonyl (C=O) groups excluding carboxylic acids is 3. The Balaban J connectivity index is 1.79. The van der Waals surface area contributed by atoms with Crippen molar-refractivity contribution in [3.05, 3.63) is 65.7 Å². The molecule has 10 heteroatoms. The third-order valence-corrected chi connectivity index (χ3v) is 6.84. The lowest BCUT2D eigenvalue weighted by Gasteiger charge is -2.27. The van der Waals surface area contributed by atoms with E-state index in [0.29, 0.717) is 9.87 Å². The summed E-state index contributed by atoms with van der Waals surface area (Å²) in [4.78, 5) is 38.5. The maximum Gasteiger partial charge on any atom is 0.416 e. The minimum Gasteiger partial charge on any atom is -0.447 e. The molecule has 2 fully saturated rings. The third kappa shape index (κ3) is 3.28. The summed E-state index contributed by atoms with van der Waals surface area (Å²) in [5.41, 5.74) is 1.30. The number of sulfonamides is 1. The molecule has 0 spiro atoms. The van der Waals surface area contributed by atoms with E-state index in [4.69, 9.17) is 4.74 Å². The molecule has 1 unspecified atom stereocenters. The van der Waals surface area contributed by atoms with Crippen LogP contribution in [0.4, 0.5) is 9.59 Å². The minimum atomic E-state index is -4.27. The van der Waals surface area contributed by atoms with Crippen LogP contribution in [0.5, 0.6) is 0 Å². The first-order valence-corrected chi connectivity index (χ1v) is 10.7. The van der Waals surface area contributed by atoms with E-state index in [2.05, 4.69) is 5.32 Å². The van der Waals surface area contributed by atoms with Crippen LogP contribution < -0.4 is 5.32 Å². The van der Waals surface area contributed by atoms with Gasteiger partial charge in [-0.15, -0.1) is 0 Å². The molecule has 4 rings (SSSR count). The number of hydrogen-bond acceptors (Lipinski definition) is 6. The number of cyclic esters (lactones) is 1. The van der Waals surface area contributed by atoms with Crippen LogP contribution in [0.2, 0.25) is 0 Å². The number of amides is 4. The van der Waals surface area contributed by atoms with E-state index in [9.17, 15) is 22.8 Å². The second-order valence-electron chi connectivity index (χ2n) is 7.00. The molecule has 2 saturated heterocycles. The van der Waals surface area contributed by atoms with Gasteiger partial charge < -0.3 is 10.1 Å². The van der Waals surface area contributed by atoms with E-state index in [-0.39, 0.29) is 18.0 Å². The fourth-order valence-corrected chi connectivity index (χ4v) is 5.08. The number of benzene rings is 2. The topological polar surface area (TPSA) is 113 Å². The molecule has 9 nitrogen and oxygen atoms in total. The molecule has 2 aliphatic rings. The highest BCUT2D eigenvalue weighted by atomic mass is 32.2. The van der Waals surface area contributed by atoms with Crippen molar-refractivity contribution in [1.29, 1.82) is 0 Å². The van der Waals surface area contributed by atoms with Crippen LogP contribution in [-0.4, -0.2) is 54.8 Å². The van der Waals surface area contributed by atoms with E-state index < -0.39 is 40.1 Å². The van der Waals surface area contributed by atoms with Gasteiger partial charge in [0, 0.05) is 0 Å². The van der Waals surface area contributed by atoms with Crippen molar-refractivity contribution in [3.63, 3.8) is 0 Å². The number of nitrogens with zero attached hydrogens (tertiary/aromatic N) is 2. The highest BCUT2D eigenvalue weighted by molar-refractivity contribution is 7.89. The van der Waals surface area contributed by atoms with Gasteiger partial charge in [-0.3, -0.25) is 4.79 Å². The van der Waals surface area contributed by atoms with Crippen molar-refractivity contribution in [2.75, 3.05) is 13.2 Å². The first-order valence-electron chi connectivity index (χ1n) is 9.25. The van der Waals surface area contributed by atoms with Crippen molar-refractivity contribution >= 4 is 28.1 Å². The average Bonchev–Trinajstić information content (AvgIpc) is 3.32. The van der Waals surface area contributed by atoms with E-state index in [0.717, 1.165) is 10.5 Å². The average molecular weight is 429 g/mol. The first-order chi connectivity index (χ1) is 14.3. The molecule has 156 valence electrons. The second-order valence-corrected chi connectivity index (χ2v) is 8.82. The number of ether oxygens (including phenoxy) is 1. The molecule has 0 bridgehead atoms. The number of hydrogen-bond donors (Lipinski definition) is 1. The Bertz CT molecular complexity index is 1100. The van der Waals surface area contributed by atoms with Gasteiger partial charge >= 0.3 is 12.1 Å². The molecular weight excluding hydrogens is 410 g/mol. The van der Waals surface area contributed by atoms with E-state index in [1.165, 1.54) is 12.1 Å². The fraction of sp³-hybridized carbons (Fsp3) is 0.250. The molecule has 2 aromatic carbocycles. The number of nitrogens with one attached hydrogen (secondary N) is 1. The molecule has 2 heterocycles. The van der Waals surface area contributed by atoms with Crippen LogP contribution in [-0.2, 0) is 19.6 Å². The number of urea groups is 1. The predicted molar refractivity (Wildman–Crippen MR) is 105 cm³/mol. The lowest BCUT2D eigenvalue weighted by atomic mass is 10.00. The van der Waals surface area contributed by atoms with Gasteiger partial charge in [-0.25, -0.2) is 27.2 Å². The third-order valence-electron chi connectivity index (χ3n) is 5.06. The van der Waals surface area contributed by atoms with E-state index in [1.54, 1.807) is 42.5 Å². The summed E-state index contributed by atoms with van der Waals surface area (Å²) < 4.78 is 32.2. The van der Waals surface area contributed by atoms with Crippen LogP contribution in [0.25, 0.3) is 0 Å². The molecule has 4 amide bonds. The van der Waals surface area contributed by atoms with Crippen LogP contribution in [0.15, 0.2) is 59.5 Å². The van der Waals surface area contributed by atoms with Crippen molar-refractivity contribution in [2.24, 2.45) is 0 Å². The largest absolute Gasteiger partial charge is 0.447 e. The normalized spacial score (nSPS) is 21.5. The zero-order chi connectivity index (χ0) is 21.5. The van der Waals surface area contributed by atoms with Gasteiger partial charge in [-0.05, 0) is 24.6 Å². The van der Waals surface area contributed by atoms with Crippen LogP contribution in [0, 0.1) is 6.92 Å². The van der Waals surface area contributed by atoms with Crippen molar-refractivity contribution in [1.82, 2.24) is 14.5 Å². The summed E-state index contributed by atoms with van der Waals surface area (Å²) in [6, 6.07) is 11.1. The summed E-state index contributed by atoms with van der Waals surface area (Å²) in [5.74, 6) is -0.721. The standard InChI is InChI=1S/C20H19N3O6S/c1-13-7-9-15(10-8-13)30(27,28)23-17(14-5-3-2-4-6-14)16(21-19(23)25)18(24)22-11-12-29-20(22)26/h2-10,16-17H,11-12H2,1H3,(H,21,25)/t16?,17-/m0/s1. The Hall–Kier alpha value is -3.40. The SMILES string of the molecule is Cc1ccc(S(=O)(=O)N2C(=O)NC(C(=O)N3CCOC3=O)[C@@H]2c2ccccc2)cc1. The monoisotopic (exact) mass is 429 g/mol. The van der Waals surface area contributed by atoms with Gasteiger partial charge in [0.05, 0.1) is 11.4 Å². The molecule has 0 aliphatic carbocycles. The molecule has 0 saturated carbocycles. The maximum atomic E-state index is 13.3. The van der Waals surface area contributed by atoms with Crippen LogP contribution in [0.1, 0.15) is 17.2 Å². The zero-order valence-electron chi connectivity index (χ0n) is 16.0. The maximum absolute atomic E-state index is 13.3. The van der Waals surface area contributed by atoms with Crippen molar-refractivity contribution in [3.8, 4) is 0 Å². The molecule has 1 N–H and O–H groups in total. The Labute approximate surface area is 173 Å². The predicted octanol–water partition coefficient (Wildman–Crippen LogP) is 1.80. The highest BCUT2D eigenvalue weighted by Crippen LogP contribution is 2.36. The van der Waals surface area contributed by atoms with E-state index in [1.807, 2.05) is 6.92 Å². The zero-order valence-corrected chi connectivity index (χ0v) is 16.8. The van der Waals surface area contributed by atoms with Gasteiger partial charge in [0.1, 0.15) is 18.7 Å². The van der Waals surface area contributed by atoms with Gasteiger partial charge in [-0.1, -0.05) is 48.0 Å². The first kappa shape index (κ1) is 19.9. The number of imide groups is 1. The lowest BCUT2D eigenvalue weighted by Crippen LogP contribution is -2.47. The van der Waals surface area contributed by atoms with Gasteiger partial charge in [-0.2, -0.15) is 0 Å². The number of carbonyl (C=O) groups is 3. The molecule has 2 aliphatic heterocycles. The van der Waals surface area contributed by atoms with Gasteiger partial charge in [0.25, 0.3) is 15.9 Å². The van der Waals surface area contributed by atoms with Gasteiger partial charge in [0.15, 0.2) is 0 Å². The molecule has 0 aromatic heterocycles. The molecular formula is C20H19N3O6S. The Morgan fingerprint density at radius 2 is 1.73 bits per heavy atom. The fourth-order valence-electron chi connectivity index (χ4n) is 3.56. The summed E-state index contributed by atoms with van der Waals surface area (Å²) in [7, 11) is -4.27. The minimum absolute atomic E-state index is 0.0380. The molecule has 0 radical (unpaired) electrons. The smallest absolute Gasteiger partial charge is 0.416 e. The lowest BCUT2D eigenvalue weighted by molar-refractivity contribution is -0.130. The summed E-state index contributed by atoms with van der Waals surface area (Å²) in [5, 5.41) is 2.45. The summed E-state index contributed by atoms with van der Waals surface area (Å²) in [6.07, 6.45) is -0.819. The number of aryl methyl sites for hydroxylation is 1. The molecule has 2 aromatic rings. The Kier molecular flexibility index (Phi) is 4.94. The Morgan fingerprint density at radius 3 is 2.33 bits per heavy atom. The highest BCUT2D eigenvalue weighted by Gasteiger charge is 2.52. The quantitative estimate of drug-likeness (QED) is 0.793. The molecule has 2 atom stereocenters. The number of rotatable bonds is 4. The Morgan fingerprint density at radius 1 is 1.07 bits per heavy atom. The van der Waals surface area contributed by atoms with Crippen molar-refractivity contribution < 1.29 is 27.5 Å².